The van der Waals surface area contributed by atoms with Crippen molar-refractivity contribution in [2.24, 2.45) is 0 Å². The van der Waals surface area contributed by atoms with Gasteiger partial charge < -0.3 is 9.15 Å². The van der Waals surface area contributed by atoms with Gasteiger partial charge >= 0.3 is 5.97 Å². The Kier molecular flexibility index (Phi) is 6.60. The van der Waals surface area contributed by atoms with Crippen LogP contribution in [0.5, 0.6) is 0 Å². The number of carbonyl (C=O) groups excluding carboxylic acids is 2. The van der Waals surface area contributed by atoms with Crippen LogP contribution in [0.25, 0.3) is 27.6 Å². The average Bonchev–Trinajstić information content (AvgIpc) is 3.38. The molecule has 9 heteroatoms. The van der Waals surface area contributed by atoms with Gasteiger partial charge in [0.25, 0.3) is 0 Å². The van der Waals surface area contributed by atoms with Crippen molar-refractivity contribution in [3.05, 3.63) is 76.0 Å². The first-order valence-electron chi connectivity index (χ1n) is 9.55. The lowest BCUT2D eigenvalue weighted by Gasteiger charge is -2.00. The van der Waals surface area contributed by atoms with E-state index in [0.717, 1.165) is 4.70 Å². The highest BCUT2D eigenvalue weighted by Crippen LogP contribution is 2.32. The fraction of sp³-hybridized carbons (Fsp3) is 0.0870. The summed E-state index contributed by atoms with van der Waals surface area (Å²) in [6, 6.07) is 13.7. The molecule has 0 saturated carbocycles. The van der Waals surface area contributed by atoms with Crippen LogP contribution in [0.4, 0.5) is 5.13 Å². The molecule has 2 aromatic carbocycles. The maximum Gasteiger partial charge on any atom is 0.338 e. The van der Waals surface area contributed by atoms with Crippen LogP contribution in [0.1, 0.15) is 23.0 Å². The van der Waals surface area contributed by atoms with Gasteiger partial charge in [0, 0.05) is 16.7 Å². The predicted molar refractivity (Wildman–Crippen MR) is 127 cm³/mol. The molecule has 0 fully saturated rings. The number of benzene rings is 2. The zero-order chi connectivity index (χ0) is 22.7. The summed E-state index contributed by atoms with van der Waals surface area (Å²) in [7, 11) is 0. The first kappa shape index (κ1) is 22.1. The fourth-order valence-corrected chi connectivity index (χ4v) is 4.31. The molecule has 1 amide bonds. The summed E-state index contributed by atoms with van der Waals surface area (Å²) in [6.07, 6.45) is 2.90. The summed E-state index contributed by atoms with van der Waals surface area (Å²) in [4.78, 5) is 28.6. The molecule has 4 rings (SSSR count). The van der Waals surface area contributed by atoms with Crippen LogP contribution in [0, 0.1) is 0 Å². The van der Waals surface area contributed by atoms with Crippen molar-refractivity contribution in [1.82, 2.24) is 4.98 Å². The van der Waals surface area contributed by atoms with Crippen LogP contribution in [-0.2, 0) is 9.53 Å². The zero-order valence-electron chi connectivity index (χ0n) is 16.7. The van der Waals surface area contributed by atoms with Crippen molar-refractivity contribution >= 4 is 67.8 Å². The summed E-state index contributed by atoms with van der Waals surface area (Å²) in [5.41, 5.74) is 1.82. The fourth-order valence-electron chi connectivity index (χ4n) is 2.90. The first-order chi connectivity index (χ1) is 15.4. The standard InChI is InChI=1S/C23H16Cl2N2O4S/c1-2-30-22(29)13-3-8-18-20(11-13)32-23(26-18)27-21(28)10-6-15-5-9-19(31-15)16-7-4-14(24)12-17(16)25/h3-12H,2H2,1H3,(H,26,27,28)/b10-6+. The van der Waals surface area contributed by atoms with E-state index in [1.54, 1.807) is 61.5 Å². The second kappa shape index (κ2) is 9.56. The van der Waals surface area contributed by atoms with Gasteiger partial charge in [0.15, 0.2) is 5.13 Å². The molecule has 0 saturated heterocycles. The Morgan fingerprint density at radius 2 is 2.00 bits per heavy atom. The van der Waals surface area contributed by atoms with E-state index in [-0.39, 0.29) is 5.91 Å². The SMILES string of the molecule is CCOC(=O)c1ccc2nc(NC(=O)/C=C/c3ccc(-c4ccc(Cl)cc4Cl)o3)sc2c1. The van der Waals surface area contributed by atoms with Gasteiger partial charge in [-0.25, -0.2) is 9.78 Å². The van der Waals surface area contributed by atoms with E-state index in [1.165, 1.54) is 17.4 Å². The van der Waals surface area contributed by atoms with Gasteiger partial charge in [0.05, 0.1) is 27.4 Å². The number of furan rings is 1. The molecule has 0 bridgehead atoms. The maximum atomic E-state index is 12.3. The molecule has 0 radical (unpaired) electrons. The lowest BCUT2D eigenvalue weighted by molar-refractivity contribution is -0.111. The number of thiazole rings is 1. The predicted octanol–water partition coefficient (Wildman–Crippen LogP) is 6.69. The van der Waals surface area contributed by atoms with Gasteiger partial charge in [-0.1, -0.05) is 34.5 Å². The molecule has 4 aromatic rings. The molecule has 0 unspecified atom stereocenters. The Morgan fingerprint density at radius 1 is 1.16 bits per heavy atom. The quantitative estimate of drug-likeness (QED) is 0.242. The Bertz CT molecular complexity index is 1340. The number of hydrogen-bond acceptors (Lipinski definition) is 6. The van der Waals surface area contributed by atoms with E-state index >= 15 is 0 Å². The zero-order valence-corrected chi connectivity index (χ0v) is 19.1. The van der Waals surface area contributed by atoms with Gasteiger partial charge in [0.2, 0.25) is 5.91 Å². The highest BCUT2D eigenvalue weighted by atomic mass is 35.5. The number of carbonyl (C=O) groups is 2. The third kappa shape index (κ3) is 5.02. The van der Waals surface area contributed by atoms with Crippen LogP contribution >= 0.6 is 34.5 Å². The first-order valence-corrected chi connectivity index (χ1v) is 11.1. The molecule has 1 N–H and O–H groups in total. The molecular weight excluding hydrogens is 471 g/mol. The normalized spacial score (nSPS) is 11.2. The van der Waals surface area contributed by atoms with E-state index in [2.05, 4.69) is 10.3 Å². The number of nitrogens with one attached hydrogen (secondary N) is 1. The van der Waals surface area contributed by atoms with Crippen molar-refractivity contribution in [3.63, 3.8) is 0 Å². The molecule has 32 heavy (non-hydrogen) atoms. The van der Waals surface area contributed by atoms with Crippen molar-refractivity contribution in [3.8, 4) is 11.3 Å². The topological polar surface area (TPSA) is 81.4 Å². The van der Waals surface area contributed by atoms with E-state index in [4.69, 9.17) is 32.4 Å². The molecule has 0 spiro atoms. The number of halogens is 2. The number of anilines is 1. The lowest BCUT2D eigenvalue weighted by atomic mass is 10.2. The van der Waals surface area contributed by atoms with Crippen LogP contribution < -0.4 is 5.32 Å². The van der Waals surface area contributed by atoms with Crippen molar-refractivity contribution in [2.45, 2.75) is 6.92 Å². The summed E-state index contributed by atoms with van der Waals surface area (Å²) >= 11 is 13.4. The Labute approximate surface area is 197 Å². The molecule has 0 aliphatic rings. The molecule has 162 valence electrons. The van der Waals surface area contributed by atoms with Gasteiger partial charge in [0.1, 0.15) is 11.5 Å². The number of rotatable bonds is 6. The molecular formula is C23H16Cl2N2O4S. The molecule has 2 aromatic heterocycles. The van der Waals surface area contributed by atoms with E-state index in [1.807, 2.05) is 0 Å². The third-order valence-corrected chi connectivity index (χ3v) is 5.83. The van der Waals surface area contributed by atoms with Crippen LogP contribution in [-0.4, -0.2) is 23.5 Å². The number of aromatic nitrogens is 1. The van der Waals surface area contributed by atoms with Crippen molar-refractivity contribution in [2.75, 3.05) is 11.9 Å². The summed E-state index contributed by atoms with van der Waals surface area (Å²) in [6.45, 7) is 2.05. The van der Waals surface area contributed by atoms with Crippen molar-refractivity contribution in [1.29, 1.82) is 0 Å². The number of esters is 1. The number of nitrogens with zero attached hydrogens (tertiary/aromatic N) is 1. The minimum atomic E-state index is -0.394. The summed E-state index contributed by atoms with van der Waals surface area (Å²) in [5.74, 6) is 0.297. The smallest absolute Gasteiger partial charge is 0.338 e. The average molecular weight is 487 g/mol. The second-order valence-corrected chi connectivity index (χ2v) is 8.45. The molecule has 2 heterocycles. The van der Waals surface area contributed by atoms with Crippen LogP contribution in [0.2, 0.25) is 10.0 Å². The maximum absolute atomic E-state index is 12.3. The van der Waals surface area contributed by atoms with E-state index < -0.39 is 5.97 Å². The van der Waals surface area contributed by atoms with Crippen molar-refractivity contribution < 1.29 is 18.7 Å². The minimum absolute atomic E-state index is 0.303. The Balaban J connectivity index is 1.44. The van der Waals surface area contributed by atoms with Gasteiger partial charge in [-0.2, -0.15) is 0 Å². The van der Waals surface area contributed by atoms with Crippen LogP contribution in [0.15, 0.2) is 59.0 Å². The number of hydrogen-bond donors (Lipinski definition) is 1. The summed E-state index contributed by atoms with van der Waals surface area (Å²) in [5, 5.41) is 4.15. The van der Waals surface area contributed by atoms with E-state index in [9.17, 15) is 9.59 Å². The molecule has 0 aliphatic carbocycles. The minimum Gasteiger partial charge on any atom is -0.462 e. The molecule has 6 nitrogen and oxygen atoms in total. The highest BCUT2D eigenvalue weighted by Gasteiger charge is 2.12. The Hall–Kier alpha value is -3.13. The number of amides is 1. The summed E-state index contributed by atoms with van der Waals surface area (Å²) < 4.78 is 11.5. The monoisotopic (exact) mass is 486 g/mol. The molecule has 0 atom stereocenters. The van der Waals surface area contributed by atoms with Crippen LogP contribution in [0.3, 0.4) is 0 Å². The largest absolute Gasteiger partial charge is 0.462 e. The van der Waals surface area contributed by atoms with E-state index in [0.29, 0.717) is 49.9 Å². The number of fused-ring (bicyclic) bond motifs is 1. The second-order valence-electron chi connectivity index (χ2n) is 6.57. The van der Waals surface area contributed by atoms with Gasteiger partial charge in [-0.15, -0.1) is 0 Å². The molecule has 0 aliphatic heterocycles. The number of ether oxygens (including phenoxy) is 1. The lowest BCUT2D eigenvalue weighted by Crippen LogP contribution is -2.07. The van der Waals surface area contributed by atoms with Gasteiger partial charge in [-0.3, -0.25) is 10.1 Å². The Morgan fingerprint density at radius 3 is 2.78 bits per heavy atom. The third-order valence-electron chi connectivity index (χ3n) is 4.35. The highest BCUT2D eigenvalue weighted by molar-refractivity contribution is 7.22. The van der Waals surface area contributed by atoms with Gasteiger partial charge in [-0.05, 0) is 61.5 Å².